The predicted molar refractivity (Wildman–Crippen MR) is 110 cm³/mol. The molecule has 2 aromatic rings. The lowest BCUT2D eigenvalue weighted by Gasteiger charge is -2.35. The van der Waals surface area contributed by atoms with Gasteiger partial charge < -0.3 is 9.80 Å². The Bertz CT molecular complexity index is 918. The fourth-order valence-corrected chi connectivity index (χ4v) is 6.55. The molecular formula is C20H25N3O3S2. The Morgan fingerprint density at radius 3 is 2.39 bits per heavy atom. The largest absolute Gasteiger partial charge is 0.320 e. The van der Waals surface area contributed by atoms with Gasteiger partial charge in [-0.25, -0.2) is 13.2 Å². The quantitative estimate of drug-likeness (QED) is 0.748. The van der Waals surface area contributed by atoms with Crippen LogP contribution in [0, 0.1) is 6.92 Å². The molecule has 2 saturated heterocycles. The highest BCUT2D eigenvalue weighted by Gasteiger charge is 2.37. The number of rotatable bonds is 5. The van der Waals surface area contributed by atoms with E-state index in [2.05, 4.69) is 31.2 Å². The average Bonchev–Trinajstić information content (AvgIpc) is 3.35. The minimum Gasteiger partial charge on any atom is -0.320 e. The maximum Gasteiger partial charge on any atom is 0.320 e. The van der Waals surface area contributed by atoms with E-state index in [1.165, 1.54) is 16.9 Å². The molecule has 6 nitrogen and oxygen atoms in total. The van der Waals surface area contributed by atoms with Crippen LogP contribution in [0.1, 0.15) is 24.0 Å². The van der Waals surface area contributed by atoms with E-state index in [1.54, 1.807) is 21.8 Å². The second-order valence-electron chi connectivity index (χ2n) is 7.45. The van der Waals surface area contributed by atoms with Gasteiger partial charge in [-0.15, -0.1) is 11.3 Å². The fourth-order valence-electron chi connectivity index (χ4n) is 3.93. The Morgan fingerprint density at radius 2 is 1.75 bits per heavy atom. The molecule has 2 fully saturated rings. The first-order chi connectivity index (χ1) is 13.4. The van der Waals surface area contributed by atoms with Gasteiger partial charge in [0.1, 0.15) is 4.21 Å². The smallest absolute Gasteiger partial charge is 0.320 e. The van der Waals surface area contributed by atoms with Crippen LogP contribution in [0.5, 0.6) is 0 Å². The van der Waals surface area contributed by atoms with Gasteiger partial charge in [-0.1, -0.05) is 35.9 Å². The lowest BCUT2D eigenvalue weighted by molar-refractivity contribution is 0.153. The van der Waals surface area contributed by atoms with E-state index < -0.39 is 10.0 Å². The summed E-state index contributed by atoms with van der Waals surface area (Å²) in [4.78, 5) is 16.7. The summed E-state index contributed by atoms with van der Waals surface area (Å²) in [7, 11) is -3.40. The number of carbonyl (C=O) groups excluding carboxylic acids is 1. The van der Waals surface area contributed by atoms with Crippen LogP contribution in [0.4, 0.5) is 4.79 Å². The Hall–Kier alpha value is -1.90. The molecule has 1 aromatic carbocycles. The minimum absolute atomic E-state index is 0.0696. The first-order valence-electron chi connectivity index (χ1n) is 9.60. The Kier molecular flexibility index (Phi) is 5.44. The molecule has 2 amide bonds. The fraction of sp³-hybridized carbons (Fsp3) is 0.450. The molecule has 150 valence electrons. The van der Waals surface area contributed by atoms with E-state index in [9.17, 15) is 13.2 Å². The molecule has 0 spiro atoms. The highest BCUT2D eigenvalue weighted by molar-refractivity contribution is 7.91. The summed E-state index contributed by atoms with van der Waals surface area (Å²) in [5.74, 6) is 0. The molecule has 0 aliphatic carbocycles. The number of carbonyl (C=O) groups is 1. The number of urea groups is 1. The molecule has 1 aromatic heterocycles. The number of thiophene rings is 1. The van der Waals surface area contributed by atoms with E-state index >= 15 is 0 Å². The zero-order chi connectivity index (χ0) is 19.7. The zero-order valence-electron chi connectivity index (χ0n) is 16.0. The number of piperidine rings is 1. The summed E-state index contributed by atoms with van der Waals surface area (Å²) in [6.07, 6.45) is 1.38. The van der Waals surface area contributed by atoms with Crippen LogP contribution in [0.15, 0.2) is 46.0 Å². The summed E-state index contributed by atoms with van der Waals surface area (Å²) < 4.78 is 27.3. The van der Waals surface area contributed by atoms with Crippen LogP contribution in [0.25, 0.3) is 0 Å². The van der Waals surface area contributed by atoms with Gasteiger partial charge in [0.15, 0.2) is 0 Å². The number of hydrogen-bond acceptors (Lipinski definition) is 4. The SMILES string of the molecule is Cc1ccc(CN2CCN(C3CCN(S(=O)(=O)c4cccs4)CC3)C2=O)cc1. The van der Waals surface area contributed by atoms with Crippen molar-refractivity contribution in [2.24, 2.45) is 0 Å². The first-order valence-corrected chi connectivity index (χ1v) is 11.9. The topological polar surface area (TPSA) is 60.9 Å². The third-order valence-electron chi connectivity index (χ3n) is 5.57. The average molecular weight is 420 g/mol. The number of nitrogens with zero attached hydrogens (tertiary/aromatic N) is 3. The normalized spacial score (nSPS) is 19.5. The molecule has 3 heterocycles. The molecule has 4 rings (SSSR count). The Labute approximate surface area is 170 Å². The molecule has 2 aliphatic rings. The van der Waals surface area contributed by atoms with Crippen LogP contribution < -0.4 is 0 Å². The standard InChI is InChI=1S/C20H25N3O3S2/c1-16-4-6-17(7-5-16)15-21-12-13-23(20(21)24)18-8-10-22(11-9-18)28(25,26)19-3-2-14-27-19/h2-7,14,18H,8-13,15H2,1H3. The third-order valence-corrected chi connectivity index (χ3v) is 8.85. The van der Waals surface area contributed by atoms with Crippen LogP contribution in [0.2, 0.25) is 0 Å². The number of aryl methyl sites for hydroxylation is 1. The summed E-state index contributed by atoms with van der Waals surface area (Å²) in [6, 6.07) is 11.9. The molecule has 0 bridgehead atoms. The molecular weight excluding hydrogens is 394 g/mol. The molecule has 8 heteroatoms. The molecule has 0 saturated carbocycles. The van der Waals surface area contributed by atoms with Crippen molar-refractivity contribution in [1.82, 2.24) is 14.1 Å². The molecule has 28 heavy (non-hydrogen) atoms. The number of hydrogen-bond donors (Lipinski definition) is 0. The van der Waals surface area contributed by atoms with Crippen LogP contribution >= 0.6 is 11.3 Å². The maximum absolute atomic E-state index is 12.9. The molecule has 0 atom stereocenters. The van der Waals surface area contributed by atoms with Gasteiger partial charge in [-0.3, -0.25) is 0 Å². The van der Waals surface area contributed by atoms with E-state index in [4.69, 9.17) is 0 Å². The van der Waals surface area contributed by atoms with E-state index in [0.717, 1.165) is 12.1 Å². The van der Waals surface area contributed by atoms with Gasteiger partial charge in [0.2, 0.25) is 0 Å². The van der Waals surface area contributed by atoms with Gasteiger partial charge >= 0.3 is 6.03 Å². The third kappa shape index (κ3) is 3.81. The predicted octanol–water partition coefficient (Wildman–Crippen LogP) is 3.15. The highest BCUT2D eigenvalue weighted by atomic mass is 32.2. The summed E-state index contributed by atoms with van der Waals surface area (Å²) in [5, 5.41) is 1.78. The Balaban J connectivity index is 1.35. The van der Waals surface area contributed by atoms with Crippen LogP contribution in [0.3, 0.4) is 0 Å². The van der Waals surface area contributed by atoms with Crippen molar-refractivity contribution in [2.75, 3.05) is 26.2 Å². The van der Waals surface area contributed by atoms with Crippen molar-refractivity contribution in [3.63, 3.8) is 0 Å². The Morgan fingerprint density at radius 1 is 1.04 bits per heavy atom. The van der Waals surface area contributed by atoms with Crippen molar-refractivity contribution in [3.8, 4) is 0 Å². The highest BCUT2D eigenvalue weighted by Crippen LogP contribution is 2.27. The van der Waals surface area contributed by atoms with Gasteiger partial charge in [0.05, 0.1) is 0 Å². The zero-order valence-corrected chi connectivity index (χ0v) is 17.6. The first kappa shape index (κ1) is 19.4. The second kappa shape index (κ2) is 7.85. The van der Waals surface area contributed by atoms with E-state index in [1.807, 2.05) is 9.80 Å². The van der Waals surface area contributed by atoms with Gasteiger partial charge in [0.25, 0.3) is 10.0 Å². The van der Waals surface area contributed by atoms with Crippen molar-refractivity contribution < 1.29 is 13.2 Å². The maximum atomic E-state index is 12.9. The number of benzene rings is 1. The van der Waals surface area contributed by atoms with E-state index in [-0.39, 0.29) is 12.1 Å². The number of amides is 2. The number of sulfonamides is 1. The van der Waals surface area contributed by atoms with Crippen molar-refractivity contribution in [1.29, 1.82) is 0 Å². The van der Waals surface area contributed by atoms with Crippen molar-refractivity contribution in [2.45, 2.75) is 36.6 Å². The summed E-state index contributed by atoms with van der Waals surface area (Å²) >= 11 is 1.25. The molecule has 2 aliphatic heterocycles. The molecule has 0 radical (unpaired) electrons. The molecule has 0 N–H and O–H groups in total. The lowest BCUT2D eigenvalue weighted by atomic mass is 10.1. The summed E-state index contributed by atoms with van der Waals surface area (Å²) in [5.41, 5.74) is 2.35. The van der Waals surface area contributed by atoms with E-state index in [0.29, 0.717) is 43.2 Å². The van der Waals surface area contributed by atoms with Crippen LogP contribution in [-0.2, 0) is 16.6 Å². The van der Waals surface area contributed by atoms with Gasteiger partial charge in [-0.2, -0.15) is 4.31 Å². The van der Waals surface area contributed by atoms with Crippen molar-refractivity contribution in [3.05, 3.63) is 52.9 Å². The second-order valence-corrected chi connectivity index (χ2v) is 10.6. The lowest BCUT2D eigenvalue weighted by Crippen LogP contribution is -2.47. The molecule has 0 unspecified atom stereocenters. The van der Waals surface area contributed by atoms with Crippen molar-refractivity contribution >= 4 is 27.4 Å². The van der Waals surface area contributed by atoms with Crippen LogP contribution in [-0.4, -0.2) is 60.8 Å². The van der Waals surface area contributed by atoms with Gasteiger partial charge in [0, 0.05) is 38.8 Å². The van der Waals surface area contributed by atoms with Gasteiger partial charge in [-0.05, 0) is 36.8 Å². The summed E-state index contributed by atoms with van der Waals surface area (Å²) in [6.45, 7) is 5.05. The monoisotopic (exact) mass is 419 g/mol. The minimum atomic E-state index is -3.40.